The maximum absolute atomic E-state index is 15.5. The molecule has 2 heterocycles. The zero-order chi connectivity index (χ0) is 30.3. The molecule has 1 aliphatic rings. The van der Waals surface area contributed by atoms with Crippen molar-refractivity contribution in [1.29, 1.82) is 0 Å². The number of carbonyl (C=O) groups excluding carboxylic acids is 2. The second kappa shape index (κ2) is 13.5. The number of hydrogen-bond acceptors (Lipinski definition) is 7. The smallest absolute Gasteiger partial charge is 0.316 e. The van der Waals surface area contributed by atoms with Gasteiger partial charge in [-0.05, 0) is 67.6 Å². The summed E-state index contributed by atoms with van der Waals surface area (Å²) in [6, 6.07) is 18.8. The molecule has 1 atom stereocenters. The number of amides is 2. The van der Waals surface area contributed by atoms with Gasteiger partial charge >= 0.3 is 11.8 Å². The molecule has 0 saturated carbocycles. The predicted molar refractivity (Wildman–Crippen MR) is 162 cm³/mol. The van der Waals surface area contributed by atoms with Gasteiger partial charge in [0.25, 0.3) is 0 Å². The number of ether oxygens (including phenoxy) is 3. The van der Waals surface area contributed by atoms with Crippen LogP contribution in [-0.4, -0.2) is 50.1 Å². The Kier molecular flexibility index (Phi) is 9.36. The van der Waals surface area contributed by atoms with Crippen LogP contribution in [0.4, 0.5) is 10.1 Å². The molecule has 3 N–H and O–H groups in total. The van der Waals surface area contributed by atoms with E-state index >= 15 is 4.39 Å². The molecule has 1 aliphatic heterocycles. The molecule has 9 nitrogen and oxygen atoms in total. The van der Waals surface area contributed by atoms with E-state index < -0.39 is 17.6 Å². The third kappa shape index (κ3) is 7.03. The van der Waals surface area contributed by atoms with E-state index in [4.69, 9.17) is 19.9 Å². The highest BCUT2D eigenvalue weighted by Gasteiger charge is 2.25. The lowest BCUT2D eigenvalue weighted by Crippen LogP contribution is -2.42. The SMILES string of the molecule is COc1cc2c(Oc3ccc(N(C[C@H](C)c4ccccc4)C(=O)C(N)=O)cc3F)ccnc2cc1OCC1CCNCC1. The van der Waals surface area contributed by atoms with Gasteiger partial charge in [0.15, 0.2) is 23.1 Å². The minimum atomic E-state index is -1.13. The number of nitrogens with two attached hydrogens (primary N) is 1. The van der Waals surface area contributed by atoms with Crippen LogP contribution in [0.1, 0.15) is 31.2 Å². The van der Waals surface area contributed by atoms with E-state index in [1.54, 1.807) is 31.5 Å². The van der Waals surface area contributed by atoms with Gasteiger partial charge in [0, 0.05) is 35.9 Å². The molecule has 0 radical (unpaired) electrons. The lowest BCUT2D eigenvalue weighted by atomic mass is 9.99. The first-order valence-electron chi connectivity index (χ1n) is 14.3. The van der Waals surface area contributed by atoms with Crippen LogP contribution in [-0.2, 0) is 9.59 Å². The number of pyridine rings is 1. The van der Waals surface area contributed by atoms with Crippen molar-refractivity contribution in [3.63, 3.8) is 0 Å². The van der Waals surface area contributed by atoms with E-state index in [-0.39, 0.29) is 23.9 Å². The van der Waals surface area contributed by atoms with E-state index in [1.165, 1.54) is 17.0 Å². The van der Waals surface area contributed by atoms with Crippen molar-refractivity contribution in [2.24, 2.45) is 11.7 Å². The minimum Gasteiger partial charge on any atom is -0.493 e. The Labute approximate surface area is 249 Å². The third-order valence-electron chi connectivity index (χ3n) is 7.65. The van der Waals surface area contributed by atoms with Gasteiger partial charge in [0.05, 0.1) is 19.2 Å². The standard InChI is InChI=1S/C33H35FN4O5/c1-21(23-6-4-3-5-7-23)19-38(33(40)32(35)39)24-8-9-29(26(34)16-24)43-28-12-15-37-27-18-31(30(41-2)17-25(27)28)42-20-22-10-13-36-14-11-22/h3-9,12,15-18,21-22,36H,10-11,13-14,19-20H2,1-2H3,(H2,35,39)/t21-/m0/s1. The predicted octanol–water partition coefficient (Wildman–Crippen LogP) is 5.18. The van der Waals surface area contributed by atoms with Gasteiger partial charge in [-0.25, -0.2) is 4.39 Å². The Hall–Kier alpha value is -4.70. The zero-order valence-corrected chi connectivity index (χ0v) is 24.2. The molecule has 224 valence electrons. The van der Waals surface area contributed by atoms with Gasteiger partial charge in [0.2, 0.25) is 0 Å². The number of nitrogens with zero attached hydrogens (tertiary/aromatic N) is 2. The molecule has 0 spiro atoms. The molecular weight excluding hydrogens is 551 g/mol. The summed E-state index contributed by atoms with van der Waals surface area (Å²) in [5.74, 6) is -1.06. The highest BCUT2D eigenvalue weighted by molar-refractivity contribution is 6.39. The first-order chi connectivity index (χ1) is 20.8. The lowest BCUT2D eigenvalue weighted by molar-refractivity contribution is -0.135. The fourth-order valence-corrected chi connectivity index (χ4v) is 5.20. The van der Waals surface area contributed by atoms with Gasteiger partial charge in [-0.15, -0.1) is 0 Å². The molecule has 43 heavy (non-hydrogen) atoms. The van der Waals surface area contributed by atoms with Crippen LogP contribution in [0.2, 0.25) is 0 Å². The first-order valence-corrected chi connectivity index (χ1v) is 14.3. The average Bonchev–Trinajstić information content (AvgIpc) is 3.03. The Morgan fingerprint density at radius 2 is 1.79 bits per heavy atom. The quantitative estimate of drug-likeness (QED) is 0.246. The fourth-order valence-electron chi connectivity index (χ4n) is 5.20. The summed E-state index contributed by atoms with van der Waals surface area (Å²) < 4.78 is 33.2. The maximum Gasteiger partial charge on any atom is 0.316 e. The number of fused-ring (bicyclic) bond motifs is 1. The van der Waals surface area contributed by atoms with E-state index in [1.807, 2.05) is 37.3 Å². The summed E-state index contributed by atoms with van der Waals surface area (Å²) >= 11 is 0. The van der Waals surface area contributed by atoms with E-state index in [2.05, 4.69) is 10.3 Å². The number of rotatable bonds is 10. The molecule has 1 fully saturated rings. The van der Waals surface area contributed by atoms with Gasteiger partial charge in [0.1, 0.15) is 5.75 Å². The molecular formula is C33H35FN4O5. The van der Waals surface area contributed by atoms with Gasteiger partial charge in [-0.1, -0.05) is 37.3 Å². The van der Waals surface area contributed by atoms with Crippen molar-refractivity contribution in [3.05, 3.63) is 84.3 Å². The average molecular weight is 587 g/mol. The number of piperidine rings is 1. The lowest BCUT2D eigenvalue weighted by Gasteiger charge is -2.25. The van der Waals surface area contributed by atoms with Gasteiger partial charge in [-0.2, -0.15) is 0 Å². The van der Waals surface area contributed by atoms with Gasteiger partial charge in [-0.3, -0.25) is 14.6 Å². The van der Waals surface area contributed by atoms with Crippen LogP contribution in [0.25, 0.3) is 10.9 Å². The Balaban J connectivity index is 1.38. The normalized spacial score (nSPS) is 14.2. The van der Waals surface area contributed by atoms with Crippen molar-refractivity contribution in [2.75, 3.05) is 38.3 Å². The van der Waals surface area contributed by atoms with Crippen LogP contribution < -0.4 is 30.2 Å². The van der Waals surface area contributed by atoms with Crippen LogP contribution in [0.15, 0.2) is 72.9 Å². The maximum atomic E-state index is 15.5. The first kappa shape index (κ1) is 29.8. The number of hydrogen-bond donors (Lipinski definition) is 2. The Bertz CT molecular complexity index is 1590. The largest absolute Gasteiger partial charge is 0.493 e. The second-order valence-corrected chi connectivity index (χ2v) is 10.6. The summed E-state index contributed by atoms with van der Waals surface area (Å²) in [5.41, 5.74) is 7.08. The highest BCUT2D eigenvalue weighted by Crippen LogP contribution is 2.38. The number of methoxy groups -OCH3 is 1. The molecule has 0 bridgehead atoms. The number of nitrogens with one attached hydrogen (secondary N) is 1. The molecule has 4 aromatic rings. The number of primary amides is 1. The summed E-state index contributed by atoms with van der Waals surface area (Å²) in [4.78, 5) is 30.2. The molecule has 0 unspecified atom stereocenters. The summed E-state index contributed by atoms with van der Waals surface area (Å²) in [6.45, 7) is 4.58. The molecule has 0 aliphatic carbocycles. The molecule has 1 aromatic heterocycles. The van der Waals surface area contributed by atoms with Crippen molar-refractivity contribution in [2.45, 2.75) is 25.7 Å². The summed E-state index contributed by atoms with van der Waals surface area (Å²) in [7, 11) is 1.56. The second-order valence-electron chi connectivity index (χ2n) is 10.6. The molecule has 10 heteroatoms. The van der Waals surface area contributed by atoms with E-state index in [9.17, 15) is 9.59 Å². The molecule has 1 saturated heterocycles. The minimum absolute atomic E-state index is 0.0657. The van der Waals surface area contributed by atoms with Crippen LogP contribution in [0.3, 0.4) is 0 Å². The topological polar surface area (TPSA) is 116 Å². The van der Waals surface area contributed by atoms with Crippen molar-refractivity contribution >= 4 is 28.4 Å². The van der Waals surface area contributed by atoms with E-state index in [0.717, 1.165) is 37.6 Å². The van der Waals surface area contributed by atoms with Crippen molar-refractivity contribution < 1.29 is 28.2 Å². The summed E-state index contributed by atoms with van der Waals surface area (Å²) in [5, 5.41) is 3.96. The van der Waals surface area contributed by atoms with Crippen LogP contribution in [0.5, 0.6) is 23.0 Å². The van der Waals surface area contributed by atoms with Crippen molar-refractivity contribution in [1.82, 2.24) is 10.3 Å². The Morgan fingerprint density at radius 3 is 2.49 bits per heavy atom. The zero-order valence-electron chi connectivity index (χ0n) is 24.2. The number of carbonyl (C=O) groups is 2. The number of benzene rings is 3. The number of halogens is 1. The Morgan fingerprint density at radius 1 is 1.02 bits per heavy atom. The monoisotopic (exact) mass is 586 g/mol. The summed E-state index contributed by atoms with van der Waals surface area (Å²) in [6.07, 6.45) is 3.68. The highest BCUT2D eigenvalue weighted by atomic mass is 19.1. The third-order valence-corrected chi connectivity index (χ3v) is 7.65. The van der Waals surface area contributed by atoms with Crippen LogP contribution in [0, 0.1) is 11.7 Å². The molecule has 3 aromatic carbocycles. The van der Waals surface area contributed by atoms with Crippen molar-refractivity contribution in [3.8, 4) is 23.0 Å². The fraction of sp³-hybridized carbons (Fsp3) is 0.303. The van der Waals surface area contributed by atoms with E-state index in [0.29, 0.717) is 40.7 Å². The molecule has 2 amide bonds. The van der Waals surface area contributed by atoms with Gasteiger partial charge < -0.3 is 30.2 Å². The molecule has 5 rings (SSSR count). The van der Waals surface area contributed by atoms with Crippen LogP contribution >= 0.6 is 0 Å². The number of aromatic nitrogens is 1. The number of anilines is 1.